The third-order valence-electron chi connectivity index (χ3n) is 3.90. The summed E-state index contributed by atoms with van der Waals surface area (Å²) in [5.74, 6) is 0. The van der Waals surface area contributed by atoms with Gasteiger partial charge in [-0.3, -0.25) is 0 Å². The molecule has 18 heavy (non-hydrogen) atoms. The van der Waals surface area contributed by atoms with Gasteiger partial charge in [-0.1, -0.05) is 59.3 Å². The number of unbranched alkanes of at least 4 members (excludes halogenated alkanes) is 4. The van der Waals surface area contributed by atoms with E-state index < -0.39 is 0 Å². The molecule has 1 unspecified atom stereocenters. The third kappa shape index (κ3) is 4.72. The topological polar surface area (TPSA) is 12.9 Å². The molecule has 1 aromatic rings. The molecule has 0 fully saturated rings. The van der Waals surface area contributed by atoms with Crippen molar-refractivity contribution in [2.75, 3.05) is 0 Å². The van der Waals surface area contributed by atoms with E-state index in [1.807, 2.05) is 0 Å². The minimum Gasteiger partial charge on any atom is -0.246 e. The molecule has 0 spiro atoms. The second-order valence-corrected chi connectivity index (χ2v) is 6.79. The van der Waals surface area contributed by atoms with Crippen LogP contribution in [-0.2, 0) is 5.41 Å². The Balaban J connectivity index is 2.62. The van der Waals surface area contributed by atoms with Crippen molar-refractivity contribution >= 4 is 11.3 Å². The number of thiazole rings is 1. The first-order valence-electron chi connectivity index (χ1n) is 7.55. The average molecular weight is 267 g/mol. The normalized spacial score (nSPS) is 14.7. The molecule has 104 valence electrons. The van der Waals surface area contributed by atoms with Crippen LogP contribution in [0.5, 0.6) is 0 Å². The standard InChI is InChI=1S/C16H29NS/c1-5-7-9-10-12-16(4,11-8-6-2)15-13-18-14(3)17-15/h13H,5-12H2,1-4H3. The van der Waals surface area contributed by atoms with Gasteiger partial charge < -0.3 is 0 Å². The number of aryl methyl sites for hydroxylation is 1. The zero-order chi connectivity index (χ0) is 13.4. The molecule has 0 amide bonds. The Morgan fingerprint density at radius 3 is 2.28 bits per heavy atom. The van der Waals surface area contributed by atoms with E-state index in [2.05, 4.69) is 33.1 Å². The molecule has 0 aliphatic rings. The van der Waals surface area contributed by atoms with Gasteiger partial charge in [-0.25, -0.2) is 4.98 Å². The minimum atomic E-state index is 0.314. The van der Waals surface area contributed by atoms with E-state index in [-0.39, 0.29) is 0 Å². The van der Waals surface area contributed by atoms with Crippen molar-refractivity contribution in [3.63, 3.8) is 0 Å². The van der Waals surface area contributed by atoms with Crippen LogP contribution in [0.1, 0.15) is 82.8 Å². The molecular formula is C16H29NS. The highest BCUT2D eigenvalue weighted by Gasteiger charge is 2.27. The fourth-order valence-corrected chi connectivity index (χ4v) is 3.30. The summed E-state index contributed by atoms with van der Waals surface area (Å²) in [5, 5.41) is 3.49. The Labute approximate surface area is 117 Å². The van der Waals surface area contributed by atoms with Crippen molar-refractivity contribution in [1.29, 1.82) is 0 Å². The largest absolute Gasteiger partial charge is 0.246 e. The molecule has 0 aromatic carbocycles. The summed E-state index contributed by atoms with van der Waals surface area (Å²) in [6.45, 7) is 9.10. The van der Waals surface area contributed by atoms with Crippen LogP contribution in [0.15, 0.2) is 5.38 Å². The Bertz CT molecular complexity index is 332. The molecular weight excluding hydrogens is 238 g/mol. The van der Waals surface area contributed by atoms with E-state index >= 15 is 0 Å². The van der Waals surface area contributed by atoms with Crippen LogP contribution in [0.2, 0.25) is 0 Å². The maximum atomic E-state index is 4.75. The number of aromatic nitrogens is 1. The van der Waals surface area contributed by atoms with Crippen molar-refractivity contribution in [2.45, 2.75) is 84.5 Å². The van der Waals surface area contributed by atoms with E-state index in [1.54, 1.807) is 11.3 Å². The number of hydrogen-bond acceptors (Lipinski definition) is 2. The van der Waals surface area contributed by atoms with Crippen LogP contribution in [0.4, 0.5) is 0 Å². The number of hydrogen-bond donors (Lipinski definition) is 0. The molecule has 1 rings (SSSR count). The Morgan fingerprint density at radius 2 is 1.72 bits per heavy atom. The first-order chi connectivity index (χ1) is 8.62. The highest BCUT2D eigenvalue weighted by atomic mass is 32.1. The second kappa shape index (κ2) is 7.93. The van der Waals surface area contributed by atoms with Gasteiger partial charge in [0.05, 0.1) is 10.7 Å². The first kappa shape index (κ1) is 15.7. The van der Waals surface area contributed by atoms with Crippen molar-refractivity contribution in [1.82, 2.24) is 4.98 Å². The van der Waals surface area contributed by atoms with Crippen molar-refractivity contribution < 1.29 is 0 Å². The molecule has 0 aliphatic carbocycles. The van der Waals surface area contributed by atoms with E-state index in [0.717, 1.165) is 0 Å². The van der Waals surface area contributed by atoms with Gasteiger partial charge >= 0.3 is 0 Å². The summed E-state index contributed by atoms with van der Waals surface area (Å²) in [5.41, 5.74) is 1.66. The van der Waals surface area contributed by atoms with Crippen LogP contribution < -0.4 is 0 Å². The molecule has 1 nitrogen and oxygen atoms in total. The Morgan fingerprint density at radius 1 is 1.06 bits per heavy atom. The molecule has 0 saturated carbocycles. The lowest BCUT2D eigenvalue weighted by Crippen LogP contribution is -2.22. The lowest BCUT2D eigenvalue weighted by Gasteiger charge is -2.28. The summed E-state index contributed by atoms with van der Waals surface area (Å²) in [7, 11) is 0. The molecule has 0 N–H and O–H groups in total. The van der Waals surface area contributed by atoms with Crippen LogP contribution in [0.25, 0.3) is 0 Å². The zero-order valence-corrected chi connectivity index (χ0v) is 13.4. The van der Waals surface area contributed by atoms with Gasteiger partial charge in [0.25, 0.3) is 0 Å². The maximum Gasteiger partial charge on any atom is 0.0897 e. The molecule has 0 aliphatic heterocycles. The van der Waals surface area contributed by atoms with Crippen molar-refractivity contribution in [2.24, 2.45) is 0 Å². The lowest BCUT2D eigenvalue weighted by molar-refractivity contribution is 0.361. The summed E-state index contributed by atoms with van der Waals surface area (Å²) in [6, 6.07) is 0. The first-order valence-corrected chi connectivity index (χ1v) is 8.43. The number of nitrogens with zero attached hydrogens (tertiary/aromatic N) is 1. The average Bonchev–Trinajstić information content (AvgIpc) is 2.80. The monoisotopic (exact) mass is 267 g/mol. The van der Waals surface area contributed by atoms with Gasteiger partial charge in [0.15, 0.2) is 0 Å². The molecule has 1 heterocycles. The summed E-state index contributed by atoms with van der Waals surface area (Å²) in [6.07, 6.45) is 10.6. The highest BCUT2D eigenvalue weighted by Crippen LogP contribution is 2.35. The maximum absolute atomic E-state index is 4.75. The van der Waals surface area contributed by atoms with Gasteiger partial charge in [0, 0.05) is 10.8 Å². The predicted molar refractivity (Wildman–Crippen MR) is 82.5 cm³/mol. The van der Waals surface area contributed by atoms with E-state index in [0.29, 0.717) is 5.41 Å². The van der Waals surface area contributed by atoms with Crippen molar-refractivity contribution in [3.8, 4) is 0 Å². The quantitative estimate of drug-likeness (QED) is 0.510. The van der Waals surface area contributed by atoms with Crippen molar-refractivity contribution in [3.05, 3.63) is 16.1 Å². The summed E-state index contributed by atoms with van der Waals surface area (Å²) < 4.78 is 0. The van der Waals surface area contributed by atoms with Crippen LogP contribution in [0.3, 0.4) is 0 Å². The zero-order valence-electron chi connectivity index (χ0n) is 12.6. The fourth-order valence-electron chi connectivity index (χ4n) is 2.53. The Kier molecular flexibility index (Phi) is 6.91. The van der Waals surface area contributed by atoms with Gasteiger partial charge in [-0.15, -0.1) is 11.3 Å². The van der Waals surface area contributed by atoms with Crippen LogP contribution in [0, 0.1) is 6.92 Å². The molecule has 2 heteroatoms. The van der Waals surface area contributed by atoms with E-state index in [1.165, 1.54) is 62.1 Å². The smallest absolute Gasteiger partial charge is 0.0897 e. The van der Waals surface area contributed by atoms with E-state index in [9.17, 15) is 0 Å². The summed E-state index contributed by atoms with van der Waals surface area (Å²) >= 11 is 1.80. The molecule has 1 atom stereocenters. The minimum absolute atomic E-state index is 0.314. The van der Waals surface area contributed by atoms with Gasteiger partial charge in [-0.2, -0.15) is 0 Å². The third-order valence-corrected chi connectivity index (χ3v) is 4.68. The second-order valence-electron chi connectivity index (χ2n) is 5.73. The predicted octanol–water partition coefficient (Wildman–Crippen LogP) is 5.87. The van der Waals surface area contributed by atoms with Gasteiger partial charge in [0.2, 0.25) is 0 Å². The summed E-state index contributed by atoms with van der Waals surface area (Å²) in [4.78, 5) is 4.75. The fraction of sp³-hybridized carbons (Fsp3) is 0.812. The molecule has 1 aromatic heterocycles. The van der Waals surface area contributed by atoms with Gasteiger partial charge in [0.1, 0.15) is 0 Å². The number of rotatable bonds is 9. The lowest BCUT2D eigenvalue weighted by atomic mass is 9.77. The van der Waals surface area contributed by atoms with Gasteiger partial charge in [-0.05, 0) is 19.8 Å². The SMILES string of the molecule is CCCCCCC(C)(CCCC)c1csc(C)n1. The molecule has 0 saturated heterocycles. The van der Waals surface area contributed by atoms with Crippen LogP contribution in [-0.4, -0.2) is 4.98 Å². The highest BCUT2D eigenvalue weighted by molar-refractivity contribution is 7.09. The molecule has 0 bridgehead atoms. The molecule has 0 radical (unpaired) electrons. The van der Waals surface area contributed by atoms with Crippen LogP contribution >= 0.6 is 11.3 Å². The van der Waals surface area contributed by atoms with E-state index in [4.69, 9.17) is 4.98 Å². The Hall–Kier alpha value is -0.370.